The SMILES string of the molecule is Cn1nc(-c2c(O)c(F)cc(Cl)c2F)cc1N. The second-order valence-corrected chi connectivity index (χ2v) is 3.86. The fourth-order valence-corrected chi connectivity index (χ4v) is 1.61. The van der Waals surface area contributed by atoms with Gasteiger partial charge in [0.25, 0.3) is 0 Å². The molecule has 0 aliphatic rings. The molecular formula is C10H8ClF2N3O. The van der Waals surface area contributed by atoms with Gasteiger partial charge in [-0.15, -0.1) is 0 Å². The summed E-state index contributed by atoms with van der Waals surface area (Å²) in [5.41, 5.74) is 5.14. The molecule has 0 bridgehead atoms. The van der Waals surface area contributed by atoms with Crippen molar-refractivity contribution < 1.29 is 13.9 Å². The number of aromatic hydroxyl groups is 1. The molecule has 1 heterocycles. The molecule has 3 N–H and O–H groups in total. The Kier molecular flexibility index (Phi) is 2.66. The van der Waals surface area contributed by atoms with Crippen molar-refractivity contribution in [3.8, 4) is 17.0 Å². The summed E-state index contributed by atoms with van der Waals surface area (Å²) in [6.45, 7) is 0. The van der Waals surface area contributed by atoms with E-state index in [2.05, 4.69) is 5.10 Å². The largest absolute Gasteiger partial charge is 0.504 e. The van der Waals surface area contributed by atoms with Crippen molar-refractivity contribution in [1.82, 2.24) is 9.78 Å². The van der Waals surface area contributed by atoms with Gasteiger partial charge >= 0.3 is 0 Å². The van der Waals surface area contributed by atoms with Gasteiger partial charge in [0.1, 0.15) is 11.5 Å². The van der Waals surface area contributed by atoms with Crippen LogP contribution >= 0.6 is 11.6 Å². The Hall–Kier alpha value is -1.82. The molecule has 17 heavy (non-hydrogen) atoms. The lowest BCUT2D eigenvalue weighted by atomic mass is 10.1. The molecule has 1 aromatic heterocycles. The summed E-state index contributed by atoms with van der Waals surface area (Å²) in [6.07, 6.45) is 0. The zero-order valence-corrected chi connectivity index (χ0v) is 9.46. The Bertz CT molecular complexity index is 552. The van der Waals surface area contributed by atoms with E-state index in [1.807, 2.05) is 0 Å². The third-order valence-electron chi connectivity index (χ3n) is 2.32. The highest BCUT2D eigenvalue weighted by Crippen LogP contribution is 2.37. The number of aryl methyl sites for hydroxylation is 1. The number of anilines is 1. The number of rotatable bonds is 1. The summed E-state index contributed by atoms with van der Waals surface area (Å²) in [6, 6.07) is 2.01. The number of phenolic OH excluding ortho intramolecular Hbond substituents is 1. The van der Waals surface area contributed by atoms with Crippen LogP contribution in [0.3, 0.4) is 0 Å². The lowest BCUT2D eigenvalue weighted by Crippen LogP contribution is -1.97. The van der Waals surface area contributed by atoms with E-state index in [1.54, 1.807) is 0 Å². The molecule has 0 fully saturated rings. The Morgan fingerprint density at radius 3 is 2.59 bits per heavy atom. The van der Waals surface area contributed by atoms with Crippen LogP contribution < -0.4 is 5.73 Å². The third kappa shape index (κ3) is 1.80. The van der Waals surface area contributed by atoms with Crippen LogP contribution in [0.5, 0.6) is 5.75 Å². The van der Waals surface area contributed by atoms with E-state index < -0.39 is 28.0 Å². The van der Waals surface area contributed by atoms with Crippen molar-refractivity contribution in [1.29, 1.82) is 0 Å². The molecule has 0 radical (unpaired) electrons. The van der Waals surface area contributed by atoms with Crippen molar-refractivity contribution in [3.05, 3.63) is 28.8 Å². The van der Waals surface area contributed by atoms with E-state index in [-0.39, 0.29) is 11.5 Å². The molecule has 1 aromatic carbocycles. The molecule has 0 aliphatic carbocycles. The second kappa shape index (κ2) is 3.89. The normalized spacial score (nSPS) is 10.8. The van der Waals surface area contributed by atoms with E-state index in [1.165, 1.54) is 17.8 Å². The predicted octanol–water partition coefficient (Wildman–Crippen LogP) is 2.31. The molecule has 0 spiro atoms. The minimum absolute atomic E-state index is 0.0152. The van der Waals surface area contributed by atoms with Crippen molar-refractivity contribution in [2.45, 2.75) is 0 Å². The molecule has 7 heteroatoms. The predicted molar refractivity (Wildman–Crippen MR) is 59.6 cm³/mol. The monoisotopic (exact) mass is 259 g/mol. The van der Waals surface area contributed by atoms with Gasteiger partial charge in [-0.2, -0.15) is 5.10 Å². The number of hydrogen-bond acceptors (Lipinski definition) is 3. The molecule has 0 amide bonds. The van der Waals surface area contributed by atoms with E-state index in [9.17, 15) is 13.9 Å². The standard InChI is InChI=1S/C10H8ClF2N3O/c1-16-7(14)3-6(15-16)8-9(13)4(11)2-5(12)10(8)17/h2-3,17H,14H2,1H3. The summed E-state index contributed by atoms with van der Waals surface area (Å²) in [7, 11) is 1.54. The number of hydrogen-bond donors (Lipinski definition) is 2. The fraction of sp³-hybridized carbons (Fsp3) is 0.100. The van der Waals surface area contributed by atoms with Gasteiger partial charge in [-0.1, -0.05) is 11.6 Å². The van der Waals surface area contributed by atoms with E-state index in [4.69, 9.17) is 17.3 Å². The molecule has 0 aliphatic heterocycles. The zero-order valence-electron chi connectivity index (χ0n) is 8.71. The molecule has 4 nitrogen and oxygen atoms in total. The minimum Gasteiger partial charge on any atom is -0.504 e. The molecule has 0 atom stereocenters. The smallest absolute Gasteiger partial charge is 0.167 e. The van der Waals surface area contributed by atoms with E-state index in [0.29, 0.717) is 6.07 Å². The molecule has 0 saturated carbocycles. The van der Waals surface area contributed by atoms with Gasteiger partial charge in [-0.3, -0.25) is 4.68 Å². The van der Waals surface area contributed by atoms with Gasteiger partial charge in [0.15, 0.2) is 17.4 Å². The Morgan fingerprint density at radius 1 is 1.41 bits per heavy atom. The highest BCUT2D eigenvalue weighted by Gasteiger charge is 2.21. The lowest BCUT2D eigenvalue weighted by molar-refractivity contribution is 0.429. The topological polar surface area (TPSA) is 64.1 Å². The first-order valence-corrected chi connectivity index (χ1v) is 4.96. The molecule has 0 saturated heterocycles. The van der Waals surface area contributed by atoms with Crippen molar-refractivity contribution in [2.75, 3.05) is 5.73 Å². The van der Waals surface area contributed by atoms with Gasteiger partial charge in [0, 0.05) is 13.1 Å². The number of nitrogen functional groups attached to an aromatic ring is 1. The Balaban J connectivity index is 2.74. The number of halogens is 3. The van der Waals surface area contributed by atoms with Crippen molar-refractivity contribution in [3.63, 3.8) is 0 Å². The molecular weight excluding hydrogens is 252 g/mol. The van der Waals surface area contributed by atoms with Gasteiger partial charge in [0.2, 0.25) is 0 Å². The first kappa shape index (κ1) is 11.7. The molecule has 0 unspecified atom stereocenters. The summed E-state index contributed by atoms with van der Waals surface area (Å²) < 4.78 is 28.2. The lowest BCUT2D eigenvalue weighted by Gasteiger charge is -2.05. The van der Waals surface area contributed by atoms with Crippen LogP contribution in [0.15, 0.2) is 12.1 Å². The number of aromatic nitrogens is 2. The first-order chi connectivity index (χ1) is 7.91. The van der Waals surface area contributed by atoms with Crippen LogP contribution in [0.25, 0.3) is 11.3 Å². The van der Waals surface area contributed by atoms with Crippen LogP contribution in [0.1, 0.15) is 0 Å². The zero-order chi connectivity index (χ0) is 12.7. The molecule has 90 valence electrons. The van der Waals surface area contributed by atoms with Gasteiger partial charge in [0.05, 0.1) is 10.6 Å². The third-order valence-corrected chi connectivity index (χ3v) is 2.59. The van der Waals surface area contributed by atoms with Gasteiger partial charge < -0.3 is 10.8 Å². The van der Waals surface area contributed by atoms with Crippen LogP contribution in [0.4, 0.5) is 14.6 Å². The van der Waals surface area contributed by atoms with E-state index in [0.717, 1.165) is 0 Å². The number of nitrogens with zero attached hydrogens (tertiary/aromatic N) is 2. The second-order valence-electron chi connectivity index (χ2n) is 3.46. The maximum Gasteiger partial charge on any atom is 0.167 e. The van der Waals surface area contributed by atoms with Crippen LogP contribution in [0, 0.1) is 11.6 Å². The number of nitrogens with two attached hydrogens (primary N) is 1. The minimum atomic E-state index is -1.02. The average Bonchev–Trinajstić information content (AvgIpc) is 2.57. The molecule has 2 aromatic rings. The van der Waals surface area contributed by atoms with Crippen LogP contribution in [-0.2, 0) is 7.05 Å². The summed E-state index contributed by atoms with van der Waals surface area (Å²) in [5.74, 6) is -2.55. The van der Waals surface area contributed by atoms with Crippen molar-refractivity contribution >= 4 is 17.4 Å². The maximum absolute atomic E-state index is 13.7. The highest BCUT2D eigenvalue weighted by atomic mass is 35.5. The number of benzene rings is 1. The van der Waals surface area contributed by atoms with Crippen molar-refractivity contribution in [2.24, 2.45) is 7.05 Å². The highest BCUT2D eigenvalue weighted by molar-refractivity contribution is 6.31. The number of phenols is 1. The maximum atomic E-state index is 13.7. The first-order valence-electron chi connectivity index (χ1n) is 4.58. The Labute approximate surface area is 100 Å². The van der Waals surface area contributed by atoms with Crippen LogP contribution in [-0.4, -0.2) is 14.9 Å². The van der Waals surface area contributed by atoms with Crippen LogP contribution in [0.2, 0.25) is 5.02 Å². The van der Waals surface area contributed by atoms with Gasteiger partial charge in [-0.25, -0.2) is 8.78 Å². The summed E-state index contributed by atoms with van der Waals surface area (Å²) in [4.78, 5) is 0. The Morgan fingerprint density at radius 2 is 2.06 bits per heavy atom. The quantitative estimate of drug-likeness (QED) is 0.773. The fourth-order valence-electron chi connectivity index (χ4n) is 1.42. The van der Waals surface area contributed by atoms with Gasteiger partial charge in [-0.05, 0) is 6.07 Å². The summed E-state index contributed by atoms with van der Waals surface area (Å²) in [5, 5.41) is 12.9. The van der Waals surface area contributed by atoms with E-state index >= 15 is 0 Å². The summed E-state index contributed by atoms with van der Waals surface area (Å²) >= 11 is 5.50. The average molecular weight is 260 g/mol. The molecule has 2 rings (SSSR count).